The first-order valence-electron chi connectivity index (χ1n) is 7.03. The van der Waals surface area contributed by atoms with Crippen LogP contribution in [-0.2, 0) is 9.84 Å². The molecule has 0 bridgehead atoms. The maximum Gasteiger partial charge on any atom is 0.150 e. The molecular weight excluding hydrogens is 234 g/mol. The molecule has 2 atom stereocenters. The van der Waals surface area contributed by atoms with Gasteiger partial charge in [0.25, 0.3) is 0 Å². The highest BCUT2D eigenvalue weighted by molar-refractivity contribution is 7.91. The Hall–Kier alpha value is -0.0900. The standard InChI is InChI=1S/C13H27NO2S/c1-3-10-17(15,16)11-9-12-7-5-6-8-13(12)14-4-2/h12-14H,3-11H2,1-2H3. The van der Waals surface area contributed by atoms with E-state index >= 15 is 0 Å². The average molecular weight is 261 g/mol. The van der Waals surface area contributed by atoms with Crippen molar-refractivity contribution >= 4 is 9.84 Å². The molecule has 0 aliphatic heterocycles. The molecule has 0 aromatic heterocycles. The van der Waals surface area contributed by atoms with Crippen LogP contribution >= 0.6 is 0 Å². The predicted molar refractivity (Wildman–Crippen MR) is 73.0 cm³/mol. The van der Waals surface area contributed by atoms with Crippen molar-refractivity contribution < 1.29 is 8.42 Å². The molecule has 1 aliphatic carbocycles. The van der Waals surface area contributed by atoms with E-state index in [1.165, 1.54) is 25.7 Å². The maximum atomic E-state index is 11.7. The van der Waals surface area contributed by atoms with Gasteiger partial charge < -0.3 is 5.32 Å². The van der Waals surface area contributed by atoms with Crippen molar-refractivity contribution in [3.05, 3.63) is 0 Å². The zero-order valence-corrected chi connectivity index (χ0v) is 12.1. The first-order chi connectivity index (χ1) is 8.09. The van der Waals surface area contributed by atoms with Gasteiger partial charge in [-0.15, -0.1) is 0 Å². The lowest BCUT2D eigenvalue weighted by Gasteiger charge is -2.32. The zero-order valence-electron chi connectivity index (χ0n) is 11.2. The van der Waals surface area contributed by atoms with E-state index in [0.29, 0.717) is 23.5 Å². The molecule has 1 rings (SSSR count). The molecule has 4 heteroatoms. The lowest BCUT2D eigenvalue weighted by atomic mass is 9.83. The smallest absolute Gasteiger partial charge is 0.150 e. The highest BCUT2D eigenvalue weighted by atomic mass is 32.2. The number of hydrogen-bond acceptors (Lipinski definition) is 3. The molecule has 0 aromatic carbocycles. The molecule has 0 amide bonds. The van der Waals surface area contributed by atoms with Crippen molar-refractivity contribution in [1.82, 2.24) is 5.32 Å². The fourth-order valence-electron chi connectivity index (χ4n) is 2.83. The zero-order chi connectivity index (χ0) is 12.7. The van der Waals surface area contributed by atoms with Crippen LogP contribution < -0.4 is 5.32 Å². The van der Waals surface area contributed by atoms with Crippen LogP contribution in [0.2, 0.25) is 0 Å². The van der Waals surface area contributed by atoms with E-state index in [1.54, 1.807) is 0 Å². The van der Waals surface area contributed by atoms with E-state index in [0.717, 1.165) is 19.4 Å². The van der Waals surface area contributed by atoms with Gasteiger partial charge in [-0.25, -0.2) is 8.42 Å². The molecule has 0 saturated heterocycles. The van der Waals surface area contributed by atoms with Gasteiger partial charge in [0.1, 0.15) is 9.84 Å². The van der Waals surface area contributed by atoms with Gasteiger partial charge in [-0.2, -0.15) is 0 Å². The van der Waals surface area contributed by atoms with E-state index in [-0.39, 0.29) is 0 Å². The Kier molecular flexibility index (Phi) is 6.49. The third-order valence-electron chi connectivity index (χ3n) is 3.69. The van der Waals surface area contributed by atoms with Crippen molar-refractivity contribution in [2.24, 2.45) is 5.92 Å². The molecular formula is C13H27NO2S. The van der Waals surface area contributed by atoms with Crippen LogP contribution in [0, 0.1) is 5.92 Å². The van der Waals surface area contributed by atoms with E-state index in [1.807, 2.05) is 6.92 Å². The lowest BCUT2D eigenvalue weighted by molar-refractivity contribution is 0.260. The monoisotopic (exact) mass is 261 g/mol. The van der Waals surface area contributed by atoms with Crippen molar-refractivity contribution in [2.75, 3.05) is 18.1 Å². The van der Waals surface area contributed by atoms with Gasteiger partial charge in [-0.3, -0.25) is 0 Å². The lowest BCUT2D eigenvalue weighted by Crippen LogP contribution is -2.39. The summed E-state index contributed by atoms with van der Waals surface area (Å²) in [7, 11) is -2.80. The third kappa shape index (κ3) is 5.38. The predicted octanol–water partition coefficient (Wildman–Crippen LogP) is 2.37. The Morgan fingerprint density at radius 2 is 1.82 bits per heavy atom. The number of hydrogen-bond donors (Lipinski definition) is 1. The fraction of sp³-hybridized carbons (Fsp3) is 1.00. The molecule has 1 saturated carbocycles. The highest BCUT2D eigenvalue weighted by Crippen LogP contribution is 2.27. The Bertz CT molecular complexity index is 299. The summed E-state index contributed by atoms with van der Waals surface area (Å²) in [5.41, 5.74) is 0. The van der Waals surface area contributed by atoms with E-state index < -0.39 is 9.84 Å². The van der Waals surface area contributed by atoms with Gasteiger partial charge in [0.05, 0.1) is 5.75 Å². The van der Waals surface area contributed by atoms with Gasteiger partial charge in [-0.05, 0) is 38.1 Å². The second-order valence-electron chi connectivity index (χ2n) is 5.15. The molecule has 0 aromatic rings. The second kappa shape index (κ2) is 7.37. The van der Waals surface area contributed by atoms with Gasteiger partial charge in [0.15, 0.2) is 0 Å². The minimum absolute atomic E-state index is 0.353. The van der Waals surface area contributed by atoms with Crippen LogP contribution in [-0.4, -0.2) is 32.5 Å². The van der Waals surface area contributed by atoms with Crippen LogP contribution in [0.5, 0.6) is 0 Å². The summed E-state index contributed by atoms with van der Waals surface area (Å²) in [6.45, 7) is 5.04. The minimum atomic E-state index is -2.80. The first-order valence-corrected chi connectivity index (χ1v) is 8.85. The fourth-order valence-corrected chi connectivity index (χ4v) is 4.32. The van der Waals surface area contributed by atoms with Gasteiger partial charge in [0, 0.05) is 11.8 Å². The summed E-state index contributed by atoms with van der Waals surface area (Å²) in [5, 5.41) is 3.51. The third-order valence-corrected chi connectivity index (χ3v) is 5.58. The van der Waals surface area contributed by atoms with Crippen molar-refractivity contribution in [3.63, 3.8) is 0 Å². The maximum absolute atomic E-state index is 11.7. The van der Waals surface area contributed by atoms with Crippen LogP contribution in [0.3, 0.4) is 0 Å². The molecule has 1 N–H and O–H groups in total. The number of sulfone groups is 1. The summed E-state index contributed by atoms with van der Waals surface area (Å²) in [6, 6.07) is 0.547. The van der Waals surface area contributed by atoms with Gasteiger partial charge >= 0.3 is 0 Å². The molecule has 2 unspecified atom stereocenters. The molecule has 0 spiro atoms. The molecule has 1 fully saturated rings. The Balaban J connectivity index is 2.42. The molecule has 0 heterocycles. The Labute approximate surface area is 106 Å². The quantitative estimate of drug-likeness (QED) is 0.765. The minimum Gasteiger partial charge on any atom is -0.314 e. The molecule has 3 nitrogen and oxygen atoms in total. The average Bonchev–Trinajstić information content (AvgIpc) is 2.28. The van der Waals surface area contributed by atoms with Crippen molar-refractivity contribution in [3.8, 4) is 0 Å². The van der Waals surface area contributed by atoms with Gasteiger partial charge in [-0.1, -0.05) is 26.7 Å². The number of nitrogens with one attached hydrogen (secondary N) is 1. The first kappa shape index (κ1) is 15.0. The molecule has 17 heavy (non-hydrogen) atoms. The van der Waals surface area contributed by atoms with E-state index in [9.17, 15) is 8.42 Å². The number of rotatable bonds is 7. The normalized spacial score (nSPS) is 26.0. The van der Waals surface area contributed by atoms with E-state index in [2.05, 4.69) is 12.2 Å². The van der Waals surface area contributed by atoms with Crippen LogP contribution in [0.1, 0.15) is 52.4 Å². The topological polar surface area (TPSA) is 46.2 Å². The van der Waals surface area contributed by atoms with Crippen molar-refractivity contribution in [1.29, 1.82) is 0 Å². The summed E-state index contributed by atoms with van der Waals surface area (Å²) < 4.78 is 23.4. The molecule has 1 aliphatic rings. The largest absolute Gasteiger partial charge is 0.314 e. The molecule has 0 radical (unpaired) electrons. The summed E-state index contributed by atoms with van der Waals surface area (Å²) in [5.74, 6) is 1.30. The SMILES string of the molecule is CCCS(=O)(=O)CCC1CCCCC1NCC. The van der Waals surface area contributed by atoms with Gasteiger partial charge in [0.2, 0.25) is 0 Å². The van der Waals surface area contributed by atoms with Crippen LogP contribution in [0.15, 0.2) is 0 Å². The van der Waals surface area contributed by atoms with E-state index in [4.69, 9.17) is 0 Å². The van der Waals surface area contributed by atoms with Crippen LogP contribution in [0.4, 0.5) is 0 Å². The Morgan fingerprint density at radius 3 is 2.47 bits per heavy atom. The summed E-state index contributed by atoms with van der Waals surface area (Å²) in [6.07, 6.45) is 6.55. The summed E-state index contributed by atoms with van der Waals surface area (Å²) in [4.78, 5) is 0. The summed E-state index contributed by atoms with van der Waals surface area (Å²) >= 11 is 0. The highest BCUT2D eigenvalue weighted by Gasteiger charge is 2.25. The Morgan fingerprint density at radius 1 is 1.12 bits per heavy atom. The second-order valence-corrected chi connectivity index (χ2v) is 7.45. The van der Waals surface area contributed by atoms with Crippen molar-refractivity contribution in [2.45, 2.75) is 58.4 Å². The van der Waals surface area contributed by atoms with Crippen LogP contribution in [0.25, 0.3) is 0 Å². The molecule has 102 valence electrons.